The lowest BCUT2D eigenvalue weighted by Crippen LogP contribution is -2.52. The largest absolute Gasteiger partial charge is 0.340 e. The number of amides is 1. The summed E-state index contributed by atoms with van der Waals surface area (Å²) in [6.07, 6.45) is 7.38. The van der Waals surface area contributed by atoms with Crippen LogP contribution < -0.4 is 5.32 Å². The second-order valence-electron chi connectivity index (χ2n) is 4.62. The average Bonchev–Trinajstić information content (AvgIpc) is 2.29. The van der Waals surface area contributed by atoms with Gasteiger partial charge in [-0.05, 0) is 26.2 Å². The number of carbonyl (C=O) groups is 1. The molecular formula is C12H20N2O. The summed E-state index contributed by atoms with van der Waals surface area (Å²) >= 11 is 0. The van der Waals surface area contributed by atoms with Crippen molar-refractivity contribution in [1.82, 2.24) is 10.2 Å². The third-order valence-electron chi connectivity index (χ3n) is 3.30. The Morgan fingerprint density at radius 3 is 3.00 bits per heavy atom. The molecule has 0 aromatic carbocycles. The van der Waals surface area contributed by atoms with Crippen LogP contribution in [0, 0.1) is 5.92 Å². The fraction of sp³-hybridized carbons (Fsp3) is 0.750. The molecule has 2 unspecified atom stereocenters. The molecule has 0 spiro atoms. The number of allylic oxidation sites excluding steroid dienone is 2. The number of carbonyl (C=O) groups excluding carboxylic acids is 1. The summed E-state index contributed by atoms with van der Waals surface area (Å²) in [6, 6.07) is 0.446. The van der Waals surface area contributed by atoms with E-state index in [0.29, 0.717) is 11.9 Å². The highest BCUT2D eigenvalue weighted by Gasteiger charge is 2.26. The Labute approximate surface area is 91.5 Å². The molecule has 2 atom stereocenters. The SMILES string of the molecule is CC1CN(C(=O)C2CC=CCC2)CCN1. The quantitative estimate of drug-likeness (QED) is 0.656. The summed E-state index contributed by atoms with van der Waals surface area (Å²) in [5, 5.41) is 3.36. The van der Waals surface area contributed by atoms with Crippen molar-refractivity contribution < 1.29 is 4.79 Å². The van der Waals surface area contributed by atoms with Crippen molar-refractivity contribution in [2.24, 2.45) is 5.92 Å². The molecule has 1 N–H and O–H groups in total. The smallest absolute Gasteiger partial charge is 0.226 e. The Morgan fingerprint density at radius 2 is 2.33 bits per heavy atom. The molecule has 3 heteroatoms. The molecule has 0 aromatic heterocycles. The van der Waals surface area contributed by atoms with Crippen LogP contribution in [-0.2, 0) is 4.79 Å². The Bertz CT molecular complexity index is 262. The monoisotopic (exact) mass is 208 g/mol. The zero-order valence-electron chi connectivity index (χ0n) is 9.41. The first-order chi connectivity index (χ1) is 7.27. The summed E-state index contributed by atoms with van der Waals surface area (Å²) in [5.74, 6) is 0.619. The van der Waals surface area contributed by atoms with Gasteiger partial charge in [0.05, 0.1) is 0 Å². The van der Waals surface area contributed by atoms with E-state index in [0.717, 1.165) is 38.9 Å². The van der Waals surface area contributed by atoms with Gasteiger partial charge in [-0.2, -0.15) is 0 Å². The Hall–Kier alpha value is -0.830. The first kappa shape index (κ1) is 10.7. The van der Waals surface area contributed by atoms with Crippen molar-refractivity contribution in [2.45, 2.75) is 32.2 Å². The maximum Gasteiger partial charge on any atom is 0.226 e. The van der Waals surface area contributed by atoms with Gasteiger partial charge in [0.25, 0.3) is 0 Å². The van der Waals surface area contributed by atoms with Crippen molar-refractivity contribution in [3.8, 4) is 0 Å². The van der Waals surface area contributed by atoms with E-state index >= 15 is 0 Å². The predicted octanol–water partition coefficient (Wildman–Crippen LogP) is 1.16. The van der Waals surface area contributed by atoms with Crippen LogP contribution in [-0.4, -0.2) is 36.5 Å². The lowest BCUT2D eigenvalue weighted by atomic mass is 9.93. The molecule has 1 fully saturated rings. The molecule has 1 heterocycles. The van der Waals surface area contributed by atoms with Gasteiger partial charge in [0.1, 0.15) is 0 Å². The van der Waals surface area contributed by atoms with Crippen molar-refractivity contribution in [2.75, 3.05) is 19.6 Å². The van der Waals surface area contributed by atoms with Crippen LogP contribution in [0.2, 0.25) is 0 Å². The van der Waals surface area contributed by atoms with Crippen LogP contribution in [0.1, 0.15) is 26.2 Å². The Kier molecular flexibility index (Phi) is 3.41. The maximum atomic E-state index is 12.2. The molecule has 0 bridgehead atoms. The molecule has 0 radical (unpaired) electrons. The molecule has 84 valence electrons. The van der Waals surface area contributed by atoms with Crippen LogP contribution in [0.15, 0.2) is 12.2 Å². The molecule has 1 aliphatic carbocycles. The molecular weight excluding hydrogens is 188 g/mol. The van der Waals surface area contributed by atoms with Crippen molar-refractivity contribution in [1.29, 1.82) is 0 Å². The lowest BCUT2D eigenvalue weighted by Gasteiger charge is -2.34. The van der Waals surface area contributed by atoms with E-state index in [9.17, 15) is 4.79 Å². The summed E-state index contributed by atoms with van der Waals surface area (Å²) in [4.78, 5) is 14.2. The molecule has 1 amide bonds. The van der Waals surface area contributed by atoms with Crippen LogP contribution in [0.5, 0.6) is 0 Å². The molecule has 0 saturated carbocycles. The van der Waals surface area contributed by atoms with Gasteiger partial charge < -0.3 is 10.2 Å². The third kappa shape index (κ3) is 2.59. The van der Waals surface area contributed by atoms with E-state index in [4.69, 9.17) is 0 Å². The number of hydrogen-bond donors (Lipinski definition) is 1. The maximum absolute atomic E-state index is 12.2. The minimum Gasteiger partial charge on any atom is -0.340 e. The van der Waals surface area contributed by atoms with Gasteiger partial charge in [0, 0.05) is 31.6 Å². The van der Waals surface area contributed by atoms with Gasteiger partial charge >= 0.3 is 0 Å². The van der Waals surface area contributed by atoms with Gasteiger partial charge in [-0.3, -0.25) is 4.79 Å². The van der Waals surface area contributed by atoms with Crippen LogP contribution in [0.4, 0.5) is 0 Å². The fourth-order valence-corrected chi connectivity index (χ4v) is 2.41. The van der Waals surface area contributed by atoms with E-state index in [2.05, 4.69) is 24.4 Å². The number of rotatable bonds is 1. The average molecular weight is 208 g/mol. The van der Waals surface area contributed by atoms with E-state index in [1.807, 2.05) is 4.90 Å². The van der Waals surface area contributed by atoms with Crippen molar-refractivity contribution >= 4 is 5.91 Å². The molecule has 15 heavy (non-hydrogen) atoms. The van der Waals surface area contributed by atoms with Crippen LogP contribution >= 0.6 is 0 Å². The van der Waals surface area contributed by atoms with E-state index in [-0.39, 0.29) is 5.92 Å². The molecule has 1 aliphatic heterocycles. The minimum absolute atomic E-state index is 0.250. The minimum atomic E-state index is 0.250. The molecule has 2 rings (SSSR count). The topological polar surface area (TPSA) is 32.3 Å². The number of piperazine rings is 1. The zero-order valence-corrected chi connectivity index (χ0v) is 9.41. The first-order valence-electron chi connectivity index (χ1n) is 5.94. The highest BCUT2D eigenvalue weighted by atomic mass is 16.2. The summed E-state index contributed by atoms with van der Waals surface area (Å²) in [6.45, 7) is 4.83. The van der Waals surface area contributed by atoms with Gasteiger partial charge in [0.2, 0.25) is 5.91 Å². The van der Waals surface area contributed by atoms with Crippen LogP contribution in [0.3, 0.4) is 0 Å². The number of hydrogen-bond acceptors (Lipinski definition) is 2. The van der Waals surface area contributed by atoms with Crippen molar-refractivity contribution in [3.63, 3.8) is 0 Å². The van der Waals surface area contributed by atoms with E-state index in [1.54, 1.807) is 0 Å². The fourth-order valence-electron chi connectivity index (χ4n) is 2.41. The van der Waals surface area contributed by atoms with Gasteiger partial charge in [0.15, 0.2) is 0 Å². The van der Waals surface area contributed by atoms with E-state index in [1.165, 1.54) is 0 Å². The second kappa shape index (κ2) is 4.79. The van der Waals surface area contributed by atoms with Gasteiger partial charge in [-0.25, -0.2) is 0 Å². The van der Waals surface area contributed by atoms with Crippen LogP contribution in [0.25, 0.3) is 0 Å². The number of nitrogens with one attached hydrogen (secondary N) is 1. The molecule has 0 aromatic rings. The summed E-state index contributed by atoms with van der Waals surface area (Å²) in [5.41, 5.74) is 0. The molecule has 3 nitrogen and oxygen atoms in total. The Morgan fingerprint density at radius 1 is 1.47 bits per heavy atom. The highest BCUT2D eigenvalue weighted by molar-refractivity contribution is 5.79. The molecule has 2 aliphatic rings. The van der Waals surface area contributed by atoms with Gasteiger partial charge in [-0.1, -0.05) is 12.2 Å². The normalized spacial score (nSPS) is 31.7. The van der Waals surface area contributed by atoms with Gasteiger partial charge in [-0.15, -0.1) is 0 Å². The lowest BCUT2D eigenvalue weighted by molar-refractivity contribution is -0.136. The zero-order chi connectivity index (χ0) is 10.7. The summed E-state index contributed by atoms with van der Waals surface area (Å²) < 4.78 is 0. The Balaban J connectivity index is 1.91. The third-order valence-corrected chi connectivity index (χ3v) is 3.30. The molecule has 1 saturated heterocycles. The first-order valence-corrected chi connectivity index (χ1v) is 5.94. The standard InChI is InChI=1S/C12H20N2O/c1-10-9-14(8-7-13-10)12(15)11-5-3-2-4-6-11/h2-3,10-11,13H,4-9H2,1H3. The predicted molar refractivity (Wildman–Crippen MR) is 60.5 cm³/mol. The second-order valence-corrected chi connectivity index (χ2v) is 4.62. The van der Waals surface area contributed by atoms with E-state index < -0.39 is 0 Å². The summed E-state index contributed by atoms with van der Waals surface area (Å²) in [7, 11) is 0. The number of nitrogens with zero attached hydrogens (tertiary/aromatic N) is 1. The van der Waals surface area contributed by atoms with Crippen molar-refractivity contribution in [3.05, 3.63) is 12.2 Å². The highest BCUT2D eigenvalue weighted by Crippen LogP contribution is 2.21.